The Morgan fingerprint density at radius 2 is 1.74 bits per heavy atom. The van der Waals surface area contributed by atoms with Crippen molar-refractivity contribution < 1.29 is 9.72 Å². The molecule has 1 amide bonds. The van der Waals surface area contributed by atoms with Gasteiger partial charge in [0.25, 0.3) is 5.69 Å². The summed E-state index contributed by atoms with van der Waals surface area (Å²) in [5, 5.41) is 13.7. The lowest BCUT2D eigenvalue weighted by Gasteiger charge is -2.30. The second-order valence-corrected chi connectivity index (χ2v) is 7.04. The van der Waals surface area contributed by atoms with Crippen molar-refractivity contribution in [3.05, 3.63) is 70.3 Å². The molecule has 27 heavy (non-hydrogen) atoms. The van der Waals surface area contributed by atoms with E-state index in [1.807, 2.05) is 18.2 Å². The number of benzene rings is 2. The minimum absolute atomic E-state index is 0.0496. The Kier molecular flexibility index (Phi) is 8.29. The van der Waals surface area contributed by atoms with Gasteiger partial charge in [0, 0.05) is 23.6 Å². The summed E-state index contributed by atoms with van der Waals surface area (Å²) in [5.74, 6) is 0.226. The number of nitro benzene ring substituents is 1. The van der Waals surface area contributed by atoms with Crippen LogP contribution in [0.4, 0.5) is 5.69 Å². The zero-order valence-electron chi connectivity index (χ0n) is 15.6. The molecule has 0 saturated heterocycles. The van der Waals surface area contributed by atoms with Gasteiger partial charge in [-0.05, 0) is 30.8 Å². The van der Waals surface area contributed by atoms with Crippen molar-refractivity contribution in [1.29, 1.82) is 0 Å². The van der Waals surface area contributed by atoms with E-state index in [0.717, 1.165) is 18.0 Å². The largest absolute Gasteiger partial charge is 0.353 e. The molecule has 2 rings (SSSR count). The van der Waals surface area contributed by atoms with Gasteiger partial charge >= 0.3 is 0 Å². The number of non-ortho nitro benzene ring substituents is 1. The van der Waals surface area contributed by atoms with Gasteiger partial charge in [0.05, 0.1) is 16.7 Å². The smallest absolute Gasteiger partial charge is 0.269 e. The second-order valence-electron chi connectivity index (χ2n) is 5.99. The predicted octanol–water partition coefficient (Wildman–Crippen LogP) is 3.89. The molecular formula is C20H25N3O3S. The number of hydrogen-bond donors (Lipinski definition) is 1. The van der Waals surface area contributed by atoms with E-state index in [9.17, 15) is 14.9 Å². The summed E-state index contributed by atoms with van der Waals surface area (Å²) >= 11 is 1.37. The van der Waals surface area contributed by atoms with Crippen molar-refractivity contribution in [1.82, 2.24) is 10.2 Å². The number of hydrogen-bond acceptors (Lipinski definition) is 5. The van der Waals surface area contributed by atoms with Gasteiger partial charge < -0.3 is 5.32 Å². The van der Waals surface area contributed by atoms with E-state index in [1.54, 1.807) is 12.1 Å². The number of carbonyl (C=O) groups is 1. The highest BCUT2D eigenvalue weighted by Gasteiger charge is 2.18. The standard InChI is InChI=1S/C20H25N3O3S/c1-3-22(4-2)19(16-8-6-5-7-9-16)14-21-20(24)15-27-18-12-10-17(11-13-18)23(25)26/h5-13,19H,3-4,14-15H2,1-2H3,(H,21,24). The van der Waals surface area contributed by atoms with Crippen LogP contribution in [0.25, 0.3) is 0 Å². The molecule has 0 aliphatic carbocycles. The number of thioether (sulfide) groups is 1. The minimum Gasteiger partial charge on any atom is -0.353 e. The molecule has 0 bridgehead atoms. The number of likely N-dealkylation sites (N-methyl/N-ethyl adjacent to an activating group) is 1. The Hall–Kier alpha value is -2.38. The summed E-state index contributed by atoms with van der Waals surface area (Å²) in [7, 11) is 0. The van der Waals surface area contributed by atoms with E-state index in [1.165, 1.54) is 29.5 Å². The number of carbonyl (C=O) groups excluding carboxylic acids is 1. The predicted molar refractivity (Wildman–Crippen MR) is 109 cm³/mol. The van der Waals surface area contributed by atoms with Crippen LogP contribution in [0.1, 0.15) is 25.5 Å². The number of nitrogens with zero attached hydrogens (tertiary/aromatic N) is 2. The van der Waals surface area contributed by atoms with Gasteiger partial charge in [-0.15, -0.1) is 11.8 Å². The lowest BCUT2D eigenvalue weighted by atomic mass is 10.1. The summed E-state index contributed by atoms with van der Waals surface area (Å²) in [6, 6.07) is 16.5. The van der Waals surface area contributed by atoms with Gasteiger partial charge in [-0.25, -0.2) is 0 Å². The van der Waals surface area contributed by atoms with Gasteiger partial charge in [0.2, 0.25) is 5.91 Å². The normalized spacial score (nSPS) is 12.0. The SMILES string of the molecule is CCN(CC)C(CNC(=O)CSc1ccc([N+](=O)[O-])cc1)c1ccccc1. The van der Waals surface area contributed by atoms with Gasteiger partial charge in [-0.2, -0.15) is 0 Å². The molecule has 0 spiro atoms. The lowest BCUT2D eigenvalue weighted by molar-refractivity contribution is -0.384. The van der Waals surface area contributed by atoms with Crippen LogP contribution in [-0.4, -0.2) is 41.1 Å². The molecule has 1 N–H and O–H groups in total. The Morgan fingerprint density at radius 3 is 2.30 bits per heavy atom. The highest BCUT2D eigenvalue weighted by atomic mass is 32.2. The van der Waals surface area contributed by atoms with Gasteiger partial charge in [0.15, 0.2) is 0 Å². The first kappa shape index (κ1) is 20.9. The van der Waals surface area contributed by atoms with E-state index < -0.39 is 4.92 Å². The summed E-state index contributed by atoms with van der Waals surface area (Å²) < 4.78 is 0. The van der Waals surface area contributed by atoms with Crippen molar-refractivity contribution in [3.8, 4) is 0 Å². The number of amides is 1. The van der Waals surface area contributed by atoms with E-state index in [4.69, 9.17) is 0 Å². The van der Waals surface area contributed by atoms with Crippen molar-refractivity contribution in [2.75, 3.05) is 25.4 Å². The van der Waals surface area contributed by atoms with E-state index in [-0.39, 0.29) is 23.4 Å². The van der Waals surface area contributed by atoms with Crippen molar-refractivity contribution in [3.63, 3.8) is 0 Å². The molecule has 2 aromatic carbocycles. The third kappa shape index (κ3) is 6.37. The van der Waals surface area contributed by atoms with Crippen LogP contribution >= 0.6 is 11.8 Å². The molecule has 144 valence electrons. The van der Waals surface area contributed by atoms with Crippen LogP contribution in [-0.2, 0) is 4.79 Å². The van der Waals surface area contributed by atoms with E-state index in [2.05, 4.69) is 36.2 Å². The highest BCUT2D eigenvalue weighted by Crippen LogP contribution is 2.22. The molecule has 0 heterocycles. The third-order valence-corrected chi connectivity index (χ3v) is 5.36. The molecule has 0 aliphatic heterocycles. The monoisotopic (exact) mass is 387 g/mol. The van der Waals surface area contributed by atoms with Crippen molar-refractivity contribution in [2.24, 2.45) is 0 Å². The second kappa shape index (κ2) is 10.7. The molecular weight excluding hydrogens is 362 g/mol. The first-order valence-electron chi connectivity index (χ1n) is 8.98. The van der Waals surface area contributed by atoms with Crippen LogP contribution in [0.5, 0.6) is 0 Å². The highest BCUT2D eigenvalue weighted by molar-refractivity contribution is 8.00. The molecule has 0 saturated carbocycles. The molecule has 6 nitrogen and oxygen atoms in total. The Labute approximate surface area is 164 Å². The number of nitro groups is 1. The van der Waals surface area contributed by atoms with Gasteiger partial charge in [0.1, 0.15) is 0 Å². The van der Waals surface area contributed by atoms with Crippen LogP contribution in [0.3, 0.4) is 0 Å². The molecule has 2 aromatic rings. The van der Waals surface area contributed by atoms with Crippen LogP contribution in [0.15, 0.2) is 59.5 Å². The topological polar surface area (TPSA) is 75.5 Å². The molecule has 0 radical (unpaired) electrons. The zero-order chi connectivity index (χ0) is 19.6. The summed E-state index contributed by atoms with van der Waals surface area (Å²) in [4.78, 5) is 25.7. The first-order valence-corrected chi connectivity index (χ1v) is 9.96. The molecule has 0 aromatic heterocycles. The summed E-state index contributed by atoms with van der Waals surface area (Å²) in [6.45, 7) is 6.59. The fraction of sp³-hybridized carbons (Fsp3) is 0.350. The summed E-state index contributed by atoms with van der Waals surface area (Å²) in [6.07, 6.45) is 0. The van der Waals surface area contributed by atoms with E-state index >= 15 is 0 Å². The van der Waals surface area contributed by atoms with Gasteiger partial charge in [-0.3, -0.25) is 19.8 Å². The van der Waals surface area contributed by atoms with Crippen molar-refractivity contribution in [2.45, 2.75) is 24.8 Å². The van der Waals surface area contributed by atoms with Crippen molar-refractivity contribution >= 4 is 23.4 Å². The van der Waals surface area contributed by atoms with E-state index in [0.29, 0.717) is 6.54 Å². The Balaban J connectivity index is 1.90. The first-order chi connectivity index (χ1) is 13.0. The average molecular weight is 388 g/mol. The van der Waals surface area contributed by atoms with Gasteiger partial charge in [-0.1, -0.05) is 44.2 Å². The minimum atomic E-state index is -0.432. The van der Waals surface area contributed by atoms with Crippen LogP contribution in [0, 0.1) is 10.1 Å². The molecule has 0 aliphatic rings. The molecule has 1 unspecified atom stereocenters. The lowest BCUT2D eigenvalue weighted by Crippen LogP contribution is -2.38. The Bertz CT molecular complexity index is 734. The van der Waals surface area contributed by atoms with Crippen LogP contribution < -0.4 is 5.32 Å². The fourth-order valence-corrected chi connectivity index (χ4v) is 3.60. The molecule has 7 heteroatoms. The maximum atomic E-state index is 12.3. The Morgan fingerprint density at radius 1 is 1.11 bits per heavy atom. The number of rotatable bonds is 10. The molecule has 0 fully saturated rings. The third-order valence-electron chi connectivity index (χ3n) is 4.35. The summed E-state index contributed by atoms with van der Waals surface area (Å²) in [5.41, 5.74) is 1.23. The maximum absolute atomic E-state index is 12.3. The average Bonchev–Trinajstić information content (AvgIpc) is 2.70. The number of nitrogens with one attached hydrogen (secondary N) is 1. The quantitative estimate of drug-likeness (QED) is 0.380. The zero-order valence-corrected chi connectivity index (χ0v) is 16.4. The molecule has 1 atom stereocenters. The fourth-order valence-electron chi connectivity index (χ4n) is 2.87. The van der Waals surface area contributed by atoms with Crippen LogP contribution in [0.2, 0.25) is 0 Å². The maximum Gasteiger partial charge on any atom is 0.269 e.